The first-order valence-corrected chi connectivity index (χ1v) is 9.33. The van der Waals surface area contributed by atoms with Gasteiger partial charge in [0.15, 0.2) is 0 Å². The second kappa shape index (κ2) is 6.67. The number of aryl methyl sites for hydroxylation is 1. The highest BCUT2D eigenvalue weighted by Gasteiger charge is 2.34. The van der Waals surface area contributed by atoms with Gasteiger partial charge in [0.05, 0.1) is 10.6 Å². The fraction of sp³-hybridized carbons (Fsp3) is 0.556. The van der Waals surface area contributed by atoms with Gasteiger partial charge in [0.1, 0.15) is 0 Å². The molecule has 4 heterocycles. The Morgan fingerprint density at radius 2 is 1.96 bits per heavy atom. The van der Waals surface area contributed by atoms with E-state index in [0.717, 1.165) is 24.7 Å². The minimum atomic E-state index is 0.690. The van der Waals surface area contributed by atoms with Crippen LogP contribution in [-0.4, -0.2) is 45.1 Å². The summed E-state index contributed by atoms with van der Waals surface area (Å²) >= 11 is 1.56. The quantitative estimate of drug-likeness (QED) is 0.864. The topological polar surface area (TPSA) is 32.3 Å². The van der Waals surface area contributed by atoms with Crippen molar-refractivity contribution in [3.63, 3.8) is 0 Å². The largest absolute Gasteiger partial charge is 0.296 e. The SMILES string of the molecule is Cc1nnsc1CN1C[C@@H]2CC[C@H](C1)N(Cc1ccccc1)C2. The number of benzene rings is 1. The van der Waals surface area contributed by atoms with Crippen molar-refractivity contribution >= 4 is 11.5 Å². The maximum Gasteiger partial charge on any atom is 0.0769 e. The van der Waals surface area contributed by atoms with Gasteiger partial charge in [-0.05, 0) is 42.8 Å². The molecule has 0 amide bonds. The Morgan fingerprint density at radius 1 is 1.09 bits per heavy atom. The van der Waals surface area contributed by atoms with E-state index in [4.69, 9.17) is 0 Å². The molecule has 3 saturated heterocycles. The van der Waals surface area contributed by atoms with Gasteiger partial charge in [-0.3, -0.25) is 9.80 Å². The zero-order chi connectivity index (χ0) is 15.6. The van der Waals surface area contributed by atoms with Crippen molar-refractivity contribution in [3.05, 3.63) is 46.5 Å². The maximum absolute atomic E-state index is 4.16. The molecule has 1 aromatic carbocycles. The molecule has 3 fully saturated rings. The minimum absolute atomic E-state index is 0.690. The van der Waals surface area contributed by atoms with E-state index in [0.29, 0.717) is 6.04 Å². The molecule has 0 spiro atoms. The number of aromatic nitrogens is 2. The Bertz CT molecular complexity index is 641. The van der Waals surface area contributed by atoms with Gasteiger partial charge in [-0.2, -0.15) is 0 Å². The number of hydrogen-bond acceptors (Lipinski definition) is 5. The lowest BCUT2D eigenvalue weighted by atomic mass is 9.94. The third-order valence-electron chi connectivity index (χ3n) is 5.24. The first-order valence-electron chi connectivity index (χ1n) is 8.56. The third-order valence-corrected chi connectivity index (χ3v) is 6.05. The molecule has 3 aliphatic heterocycles. The number of nitrogens with zero attached hydrogens (tertiary/aromatic N) is 4. The molecule has 0 unspecified atom stereocenters. The van der Waals surface area contributed by atoms with E-state index in [-0.39, 0.29) is 0 Å². The number of piperidine rings is 1. The highest BCUT2D eigenvalue weighted by atomic mass is 32.1. The van der Waals surface area contributed by atoms with Crippen LogP contribution in [0.3, 0.4) is 0 Å². The molecule has 2 atom stereocenters. The van der Waals surface area contributed by atoms with Crippen LogP contribution >= 0.6 is 11.5 Å². The Kier molecular flexibility index (Phi) is 4.42. The number of rotatable bonds is 4. The van der Waals surface area contributed by atoms with E-state index in [1.807, 2.05) is 0 Å². The molecule has 0 radical (unpaired) electrons. The van der Waals surface area contributed by atoms with Crippen LogP contribution < -0.4 is 0 Å². The third kappa shape index (κ3) is 3.47. The van der Waals surface area contributed by atoms with Gasteiger partial charge in [0.25, 0.3) is 0 Å². The summed E-state index contributed by atoms with van der Waals surface area (Å²) in [5.74, 6) is 0.804. The summed E-state index contributed by atoms with van der Waals surface area (Å²) < 4.78 is 4.09. The van der Waals surface area contributed by atoms with E-state index in [9.17, 15) is 0 Å². The molecule has 0 saturated carbocycles. The van der Waals surface area contributed by atoms with Crippen molar-refractivity contribution < 1.29 is 0 Å². The van der Waals surface area contributed by atoms with Crippen LogP contribution in [-0.2, 0) is 13.1 Å². The van der Waals surface area contributed by atoms with Gasteiger partial charge in [-0.1, -0.05) is 34.8 Å². The van der Waals surface area contributed by atoms with Crippen molar-refractivity contribution in [2.75, 3.05) is 19.6 Å². The van der Waals surface area contributed by atoms with Crippen molar-refractivity contribution in [2.24, 2.45) is 5.92 Å². The zero-order valence-corrected chi connectivity index (χ0v) is 14.5. The van der Waals surface area contributed by atoms with E-state index < -0.39 is 0 Å². The Labute approximate surface area is 142 Å². The van der Waals surface area contributed by atoms with Crippen molar-refractivity contribution in [1.29, 1.82) is 0 Å². The smallest absolute Gasteiger partial charge is 0.0769 e. The molecule has 0 N–H and O–H groups in total. The molecule has 4 nitrogen and oxygen atoms in total. The summed E-state index contributed by atoms with van der Waals surface area (Å²) in [6, 6.07) is 11.6. The van der Waals surface area contributed by atoms with Gasteiger partial charge in [0, 0.05) is 38.8 Å². The second-order valence-electron chi connectivity index (χ2n) is 6.99. The molecule has 3 aliphatic rings. The highest BCUT2D eigenvalue weighted by Crippen LogP contribution is 2.30. The van der Waals surface area contributed by atoms with Crippen molar-refractivity contribution in [1.82, 2.24) is 19.4 Å². The zero-order valence-electron chi connectivity index (χ0n) is 13.7. The minimum Gasteiger partial charge on any atom is -0.296 e. The molecule has 2 bridgehead atoms. The Hall–Kier alpha value is -1.30. The maximum atomic E-state index is 4.16. The Morgan fingerprint density at radius 3 is 2.74 bits per heavy atom. The average Bonchev–Trinajstić information content (AvgIpc) is 2.78. The fourth-order valence-electron chi connectivity index (χ4n) is 4.02. The molecule has 5 heteroatoms. The van der Waals surface area contributed by atoms with Crippen molar-refractivity contribution in [3.8, 4) is 0 Å². The number of hydrogen-bond donors (Lipinski definition) is 0. The first-order chi connectivity index (χ1) is 11.3. The van der Waals surface area contributed by atoms with Crippen LogP contribution in [0, 0.1) is 12.8 Å². The fourth-order valence-corrected chi connectivity index (χ4v) is 4.69. The molecule has 122 valence electrons. The van der Waals surface area contributed by atoms with Crippen LogP contribution in [0.2, 0.25) is 0 Å². The molecule has 0 aliphatic carbocycles. The second-order valence-corrected chi connectivity index (χ2v) is 7.83. The van der Waals surface area contributed by atoms with E-state index in [1.54, 1.807) is 11.5 Å². The van der Waals surface area contributed by atoms with E-state index in [2.05, 4.69) is 56.6 Å². The van der Waals surface area contributed by atoms with E-state index in [1.165, 1.54) is 42.9 Å². The van der Waals surface area contributed by atoms with Crippen LogP contribution in [0.1, 0.15) is 29.0 Å². The average molecular weight is 328 g/mol. The van der Waals surface area contributed by atoms with Gasteiger partial charge < -0.3 is 0 Å². The monoisotopic (exact) mass is 328 g/mol. The summed E-state index contributed by atoms with van der Waals surface area (Å²) in [4.78, 5) is 6.68. The predicted molar refractivity (Wildman–Crippen MR) is 93.3 cm³/mol. The highest BCUT2D eigenvalue weighted by molar-refractivity contribution is 7.05. The van der Waals surface area contributed by atoms with Crippen LogP contribution in [0.4, 0.5) is 0 Å². The lowest BCUT2D eigenvalue weighted by Gasteiger charge is -2.36. The van der Waals surface area contributed by atoms with Crippen LogP contribution in [0.5, 0.6) is 0 Å². The van der Waals surface area contributed by atoms with Gasteiger partial charge in [0.2, 0.25) is 0 Å². The summed E-state index contributed by atoms with van der Waals surface area (Å²) in [5.41, 5.74) is 2.54. The summed E-state index contributed by atoms with van der Waals surface area (Å²) in [5, 5.41) is 4.16. The predicted octanol–water partition coefficient (Wildman–Crippen LogP) is 2.94. The van der Waals surface area contributed by atoms with Gasteiger partial charge in [-0.25, -0.2) is 0 Å². The molecule has 1 aromatic heterocycles. The summed E-state index contributed by atoms with van der Waals surface area (Å²) in [6.45, 7) is 7.84. The number of fused-ring (bicyclic) bond motifs is 4. The van der Waals surface area contributed by atoms with Crippen LogP contribution in [0.25, 0.3) is 0 Å². The van der Waals surface area contributed by atoms with Gasteiger partial charge in [-0.15, -0.1) is 5.10 Å². The first kappa shape index (κ1) is 15.2. The molecule has 2 aromatic rings. The molecular formula is C18H24N4S. The lowest BCUT2D eigenvalue weighted by Crippen LogP contribution is -2.43. The lowest BCUT2D eigenvalue weighted by molar-refractivity contribution is 0.123. The standard InChI is InChI=1S/C18H24N4S/c1-14-18(23-20-19-14)13-21-9-16-7-8-17(12-21)22(11-16)10-15-5-3-2-4-6-15/h2-6,16-17H,7-13H2,1H3/t16-,17+/m0/s1. The normalized spacial score (nSPS) is 25.6. The molecule has 23 heavy (non-hydrogen) atoms. The van der Waals surface area contributed by atoms with Crippen LogP contribution in [0.15, 0.2) is 30.3 Å². The Balaban J connectivity index is 1.45. The summed E-state index contributed by atoms with van der Waals surface area (Å²) in [7, 11) is 0. The summed E-state index contributed by atoms with van der Waals surface area (Å²) in [6.07, 6.45) is 2.72. The van der Waals surface area contributed by atoms with E-state index >= 15 is 0 Å². The molecule has 5 rings (SSSR count). The van der Waals surface area contributed by atoms with Gasteiger partial charge >= 0.3 is 0 Å². The molecular weight excluding hydrogens is 304 g/mol. The van der Waals surface area contributed by atoms with Crippen molar-refractivity contribution in [2.45, 2.75) is 38.9 Å².